The molecule has 1 amide bonds. The third kappa shape index (κ3) is 4.55. The molecule has 0 bridgehead atoms. The molecule has 1 aliphatic carbocycles. The summed E-state index contributed by atoms with van der Waals surface area (Å²) >= 11 is 0. The number of aryl methyl sites for hydroxylation is 1. The number of allylic oxidation sites excluding steroid dienone is 2. The Morgan fingerprint density at radius 3 is 3.04 bits per heavy atom. The van der Waals surface area contributed by atoms with Gasteiger partial charge in [-0.1, -0.05) is 11.6 Å². The smallest absolute Gasteiger partial charge is 0.248 e. The summed E-state index contributed by atoms with van der Waals surface area (Å²) < 4.78 is 1.75. The summed E-state index contributed by atoms with van der Waals surface area (Å²) in [5.74, 6) is -0.154. The van der Waals surface area contributed by atoms with E-state index in [-0.39, 0.29) is 5.91 Å². The molecule has 2 N–H and O–H groups in total. The zero-order valence-electron chi connectivity index (χ0n) is 15.1. The molecule has 0 radical (unpaired) electrons. The molecule has 0 unspecified atom stereocenters. The number of carbonyl (C=O) groups excluding carboxylic acids is 1. The van der Waals surface area contributed by atoms with Crippen LogP contribution < -0.4 is 10.6 Å². The monoisotopic (exact) mass is 349 g/mol. The summed E-state index contributed by atoms with van der Waals surface area (Å²) in [5, 5.41) is 10.3. The Bertz CT molecular complexity index is 876. The fourth-order valence-corrected chi connectivity index (χ4v) is 2.93. The van der Waals surface area contributed by atoms with Crippen LogP contribution in [-0.2, 0) is 11.8 Å². The molecule has 0 saturated carbocycles. The van der Waals surface area contributed by atoms with E-state index >= 15 is 0 Å². The molecule has 0 fully saturated rings. The van der Waals surface area contributed by atoms with Gasteiger partial charge in [0.1, 0.15) is 0 Å². The molecule has 0 aromatic carbocycles. The van der Waals surface area contributed by atoms with Crippen LogP contribution in [0.4, 0.5) is 0 Å². The van der Waals surface area contributed by atoms with Gasteiger partial charge < -0.3 is 10.6 Å². The van der Waals surface area contributed by atoms with Crippen molar-refractivity contribution in [3.8, 4) is 11.1 Å². The fraction of sp³-hybridized carbons (Fsp3) is 0.250. The lowest BCUT2D eigenvalue weighted by atomic mass is 10.0. The van der Waals surface area contributed by atoms with Gasteiger partial charge in [0, 0.05) is 55.1 Å². The molecule has 1 aliphatic rings. The maximum atomic E-state index is 12.3. The normalized spacial score (nSPS) is 14.2. The van der Waals surface area contributed by atoms with Crippen molar-refractivity contribution in [2.45, 2.75) is 12.8 Å². The maximum Gasteiger partial charge on any atom is 0.248 e. The molecule has 134 valence electrons. The van der Waals surface area contributed by atoms with Crippen molar-refractivity contribution in [1.29, 1.82) is 0 Å². The van der Waals surface area contributed by atoms with Crippen molar-refractivity contribution in [1.82, 2.24) is 25.4 Å². The highest BCUT2D eigenvalue weighted by Crippen LogP contribution is 2.23. The first-order valence-corrected chi connectivity index (χ1v) is 8.62. The van der Waals surface area contributed by atoms with Crippen LogP contribution in [0.2, 0.25) is 0 Å². The van der Waals surface area contributed by atoms with Gasteiger partial charge in [0.05, 0.1) is 6.20 Å². The minimum Gasteiger partial charge on any atom is -0.323 e. The van der Waals surface area contributed by atoms with E-state index in [0.29, 0.717) is 0 Å². The second-order valence-electron chi connectivity index (χ2n) is 6.22. The molecule has 6 heteroatoms. The van der Waals surface area contributed by atoms with Crippen LogP contribution in [0.3, 0.4) is 0 Å². The van der Waals surface area contributed by atoms with Crippen molar-refractivity contribution in [2.75, 3.05) is 13.6 Å². The van der Waals surface area contributed by atoms with E-state index in [9.17, 15) is 4.79 Å². The molecule has 2 aromatic rings. The fourth-order valence-electron chi connectivity index (χ4n) is 2.93. The quantitative estimate of drug-likeness (QED) is 0.786. The predicted molar refractivity (Wildman–Crippen MR) is 103 cm³/mol. The standard InChI is InChI=1S/C20H23N5O/c1-21-11-15-4-3-5-18(10-15)24-20(26)7-6-16-12-22-9-8-19(16)17-13-23-25(2)14-17/h5-10,12-14,21H,3-4,11H2,1-2H3,(H,24,26)/b7-6+. The van der Waals surface area contributed by atoms with Gasteiger partial charge in [0.2, 0.25) is 5.91 Å². The highest BCUT2D eigenvalue weighted by Gasteiger charge is 2.08. The second-order valence-corrected chi connectivity index (χ2v) is 6.22. The highest BCUT2D eigenvalue weighted by molar-refractivity contribution is 5.94. The van der Waals surface area contributed by atoms with Gasteiger partial charge in [-0.2, -0.15) is 5.10 Å². The lowest BCUT2D eigenvalue weighted by Gasteiger charge is -2.13. The summed E-state index contributed by atoms with van der Waals surface area (Å²) in [7, 11) is 3.80. The summed E-state index contributed by atoms with van der Waals surface area (Å²) in [4.78, 5) is 16.4. The Balaban J connectivity index is 1.71. The minimum absolute atomic E-state index is 0.154. The second kappa shape index (κ2) is 8.40. The molecule has 0 atom stereocenters. The maximum absolute atomic E-state index is 12.3. The van der Waals surface area contributed by atoms with E-state index in [1.807, 2.05) is 32.4 Å². The first-order valence-electron chi connectivity index (χ1n) is 8.62. The lowest BCUT2D eigenvalue weighted by molar-refractivity contribution is -0.115. The van der Waals surface area contributed by atoms with Gasteiger partial charge >= 0.3 is 0 Å². The number of nitrogens with zero attached hydrogens (tertiary/aromatic N) is 3. The number of rotatable bonds is 6. The number of likely N-dealkylation sites (N-methyl/N-ethyl adjacent to an activating group) is 1. The number of amides is 1. The summed E-state index contributed by atoms with van der Waals surface area (Å²) in [5.41, 5.74) is 5.00. The van der Waals surface area contributed by atoms with Gasteiger partial charge in [-0.05, 0) is 43.7 Å². The Morgan fingerprint density at radius 2 is 2.27 bits per heavy atom. The van der Waals surface area contributed by atoms with E-state index < -0.39 is 0 Å². The van der Waals surface area contributed by atoms with Crippen molar-refractivity contribution >= 4 is 12.0 Å². The Hall–Kier alpha value is -2.99. The molecule has 0 aliphatic heterocycles. The highest BCUT2D eigenvalue weighted by atomic mass is 16.1. The Kier molecular flexibility index (Phi) is 5.76. The van der Waals surface area contributed by atoms with Crippen LogP contribution in [0, 0.1) is 0 Å². The van der Waals surface area contributed by atoms with Gasteiger partial charge in [-0.15, -0.1) is 0 Å². The zero-order valence-corrected chi connectivity index (χ0v) is 15.1. The molecule has 2 heterocycles. The third-order valence-electron chi connectivity index (χ3n) is 4.14. The van der Waals surface area contributed by atoms with Crippen LogP contribution in [0.1, 0.15) is 18.4 Å². The van der Waals surface area contributed by atoms with Crippen LogP contribution in [0.15, 0.2) is 60.4 Å². The summed E-state index contributed by atoms with van der Waals surface area (Å²) in [6.07, 6.45) is 16.6. The number of pyridine rings is 1. The van der Waals surface area contributed by atoms with Crippen molar-refractivity contribution in [2.24, 2.45) is 7.05 Å². The molecule has 3 rings (SSSR count). The molecule has 2 aromatic heterocycles. The first kappa shape index (κ1) is 17.8. The third-order valence-corrected chi connectivity index (χ3v) is 4.14. The zero-order chi connectivity index (χ0) is 18.4. The minimum atomic E-state index is -0.154. The van der Waals surface area contributed by atoms with Gasteiger partial charge in [-0.3, -0.25) is 14.5 Å². The van der Waals surface area contributed by atoms with Gasteiger partial charge in [0.25, 0.3) is 0 Å². The number of carbonyl (C=O) groups is 1. The van der Waals surface area contributed by atoms with Crippen LogP contribution >= 0.6 is 0 Å². The van der Waals surface area contributed by atoms with E-state index in [4.69, 9.17) is 0 Å². The number of hydrogen-bond acceptors (Lipinski definition) is 4. The van der Waals surface area contributed by atoms with E-state index in [2.05, 4.69) is 26.8 Å². The first-order chi connectivity index (χ1) is 12.7. The predicted octanol–water partition coefficient (Wildman–Crippen LogP) is 2.43. The van der Waals surface area contributed by atoms with E-state index in [1.54, 1.807) is 29.3 Å². The number of aromatic nitrogens is 3. The molecule has 6 nitrogen and oxygen atoms in total. The van der Waals surface area contributed by atoms with Gasteiger partial charge in [0.15, 0.2) is 0 Å². The topological polar surface area (TPSA) is 71.8 Å². The van der Waals surface area contributed by atoms with E-state index in [1.165, 1.54) is 11.6 Å². The number of hydrogen-bond donors (Lipinski definition) is 2. The van der Waals surface area contributed by atoms with Crippen LogP contribution in [0.5, 0.6) is 0 Å². The van der Waals surface area contributed by atoms with Crippen molar-refractivity contribution in [3.05, 3.63) is 65.9 Å². The molecule has 0 saturated heterocycles. The van der Waals surface area contributed by atoms with Crippen LogP contribution in [0.25, 0.3) is 17.2 Å². The molecular weight excluding hydrogens is 326 g/mol. The summed E-state index contributed by atoms with van der Waals surface area (Å²) in [6, 6.07) is 1.92. The SMILES string of the molecule is CNCC1=CC(NC(=O)/C=C/c2cnccc2-c2cnn(C)c2)=CCC1. The number of nitrogens with one attached hydrogen (secondary N) is 2. The van der Waals surface area contributed by atoms with Gasteiger partial charge in [-0.25, -0.2) is 0 Å². The molecule has 0 spiro atoms. The Morgan fingerprint density at radius 1 is 1.38 bits per heavy atom. The van der Waals surface area contributed by atoms with E-state index in [0.717, 1.165) is 41.8 Å². The van der Waals surface area contributed by atoms with Crippen molar-refractivity contribution in [3.63, 3.8) is 0 Å². The van der Waals surface area contributed by atoms with Crippen molar-refractivity contribution < 1.29 is 4.79 Å². The Labute approximate surface area is 153 Å². The lowest BCUT2D eigenvalue weighted by Crippen LogP contribution is -2.22. The molecule has 26 heavy (non-hydrogen) atoms. The van der Waals surface area contributed by atoms with Crippen LogP contribution in [-0.4, -0.2) is 34.3 Å². The average Bonchev–Trinajstić information content (AvgIpc) is 3.07. The summed E-state index contributed by atoms with van der Waals surface area (Å²) in [6.45, 7) is 0.840. The average molecular weight is 349 g/mol. The molecular formula is C20H23N5O. The largest absolute Gasteiger partial charge is 0.323 e.